The molecule has 0 aromatic rings. The summed E-state index contributed by atoms with van der Waals surface area (Å²) in [7, 11) is 0. The van der Waals surface area contributed by atoms with E-state index in [1.807, 2.05) is 0 Å². The lowest BCUT2D eigenvalue weighted by Crippen LogP contribution is -2.17. The zero-order valence-electron chi connectivity index (χ0n) is 12.0. The average Bonchev–Trinajstić information content (AvgIpc) is 2.45. The van der Waals surface area contributed by atoms with E-state index in [0.717, 1.165) is 19.3 Å². The predicted molar refractivity (Wildman–Crippen MR) is 76.2 cm³/mol. The summed E-state index contributed by atoms with van der Waals surface area (Å²) in [6.45, 7) is 2.50. The molecule has 1 aliphatic carbocycles. The van der Waals surface area contributed by atoms with Crippen LogP contribution in [0.15, 0.2) is 23.3 Å². The third-order valence-corrected chi connectivity index (χ3v) is 3.25. The van der Waals surface area contributed by atoms with Crippen LogP contribution in [0.3, 0.4) is 0 Å². The summed E-state index contributed by atoms with van der Waals surface area (Å²) in [4.78, 5) is 34.1. The molecule has 0 aromatic carbocycles. The fraction of sp³-hybridized carbons (Fsp3) is 0.562. The van der Waals surface area contributed by atoms with Gasteiger partial charge in [0, 0.05) is 6.42 Å². The molecule has 0 heterocycles. The van der Waals surface area contributed by atoms with Crippen molar-refractivity contribution in [3.8, 4) is 0 Å². The number of aldehydes is 1. The van der Waals surface area contributed by atoms with Crippen molar-refractivity contribution in [2.75, 3.05) is 6.61 Å². The van der Waals surface area contributed by atoms with Crippen LogP contribution in [0.1, 0.15) is 51.9 Å². The number of allylic oxidation sites excluding steroid dienone is 2. The van der Waals surface area contributed by atoms with Gasteiger partial charge in [-0.05, 0) is 6.42 Å². The Hall–Kier alpha value is -1.71. The van der Waals surface area contributed by atoms with Gasteiger partial charge in [-0.1, -0.05) is 51.2 Å². The smallest absolute Gasteiger partial charge is 0.338 e. The lowest BCUT2D eigenvalue weighted by Gasteiger charge is -2.10. The van der Waals surface area contributed by atoms with Gasteiger partial charge in [-0.3, -0.25) is 9.59 Å². The summed E-state index contributed by atoms with van der Waals surface area (Å²) in [5.41, 5.74) is 0.0164. The Morgan fingerprint density at radius 3 is 2.65 bits per heavy atom. The van der Waals surface area contributed by atoms with E-state index in [-0.39, 0.29) is 23.4 Å². The fourth-order valence-electron chi connectivity index (χ4n) is 2.07. The van der Waals surface area contributed by atoms with Crippen LogP contribution in [0.2, 0.25) is 0 Å². The second-order valence-corrected chi connectivity index (χ2v) is 4.88. The highest BCUT2D eigenvalue weighted by molar-refractivity contribution is 6.19. The van der Waals surface area contributed by atoms with Crippen LogP contribution in [0.4, 0.5) is 0 Å². The molecule has 0 aromatic heterocycles. The van der Waals surface area contributed by atoms with Gasteiger partial charge in [0.25, 0.3) is 0 Å². The van der Waals surface area contributed by atoms with Crippen LogP contribution < -0.4 is 0 Å². The van der Waals surface area contributed by atoms with Crippen LogP contribution in [0.25, 0.3) is 0 Å². The van der Waals surface area contributed by atoms with Crippen LogP contribution in [0.5, 0.6) is 0 Å². The van der Waals surface area contributed by atoms with E-state index in [1.165, 1.54) is 25.3 Å². The van der Waals surface area contributed by atoms with Crippen molar-refractivity contribution < 1.29 is 19.1 Å². The lowest BCUT2D eigenvalue weighted by molar-refractivity contribution is -0.139. The van der Waals surface area contributed by atoms with Gasteiger partial charge in [0.15, 0.2) is 12.1 Å². The van der Waals surface area contributed by atoms with Crippen molar-refractivity contribution in [3.05, 3.63) is 23.3 Å². The Morgan fingerprint density at radius 2 is 1.95 bits per heavy atom. The molecule has 110 valence electrons. The van der Waals surface area contributed by atoms with Crippen molar-refractivity contribution in [2.24, 2.45) is 0 Å². The second-order valence-electron chi connectivity index (χ2n) is 4.88. The minimum absolute atomic E-state index is 0.0690. The fourth-order valence-corrected chi connectivity index (χ4v) is 2.07. The summed E-state index contributed by atoms with van der Waals surface area (Å²) < 4.78 is 5.11. The Balaban J connectivity index is 2.34. The first-order valence-corrected chi connectivity index (χ1v) is 7.27. The molecule has 0 N–H and O–H groups in total. The van der Waals surface area contributed by atoms with Crippen LogP contribution in [-0.4, -0.2) is 24.6 Å². The molecule has 0 unspecified atom stereocenters. The van der Waals surface area contributed by atoms with Gasteiger partial charge >= 0.3 is 5.97 Å². The molecule has 0 atom stereocenters. The Morgan fingerprint density at radius 1 is 1.25 bits per heavy atom. The number of hydrogen-bond donors (Lipinski definition) is 0. The number of carbonyl (C=O) groups is 3. The monoisotopic (exact) mass is 278 g/mol. The maximum absolute atomic E-state index is 11.8. The normalized spacial score (nSPS) is 14.6. The van der Waals surface area contributed by atoms with E-state index in [1.54, 1.807) is 6.08 Å². The molecule has 0 radical (unpaired) electrons. The van der Waals surface area contributed by atoms with E-state index >= 15 is 0 Å². The van der Waals surface area contributed by atoms with Gasteiger partial charge in [0.2, 0.25) is 0 Å². The van der Waals surface area contributed by atoms with E-state index in [4.69, 9.17) is 4.74 Å². The highest BCUT2D eigenvalue weighted by atomic mass is 16.5. The third-order valence-electron chi connectivity index (χ3n) is 3.25. The number of esters is 1. The first-order valence-electron chi connectivity index (χ1n) is 7.27. The number of Topliss-reactive ketones (excluding diaryl/α,β-unsaturated/α-hetero) is 1. The standard InChI is InChI=1S/C16H22O4/c1-2-3-4-5-6-7-11-20-16(19)13-9-8-10-15(18)14(13)12-17/h8-9,12H,2-7,10-11H2,1H3. The second kappa shape index (κ2) is 9.23. The van der Waals surface area contributed by atoms with Crippen molar-refractivity contribution in [1.82, 2.24) is 0 Å². The van der Waals surface area contributed by atoms with Gasteiger partial charge in [-0.25, -0.2) is 4.79 Å². The van der Waals surface area contributed by atoms with E-state index in [9.17, 15) is 14.4 Å². The third kappa shape index (κ3) is 5.11. The number of hydrogen-bond acceptors (Lipinski definition) is 4. The van der Waals surface area contributed by atoms with Crippen molar-refractivity contribution in [1.29, 1.82) is 0 Å². The van der Waals surface area contributed by atoms with Crippen molar-refractivity contribution >= 4 is 18.0 Å². The first kappa shape index (κ1) is 16.3. The highest BCUT2D eigenvalue weighted by Gasteiger charge is 2.22. The summed E-state index contributed by atoms with van der Waals surface area (Å²) in [5.74, 6) is -0.904. The van der Waals surface area contributed by atoms with Gasteiger partial charge in [0.1, 0.15) is 0 Å². The van der Waals surface area contributed by atoms with Gasteiger partial charge in [-0.2, -0.15) is 0 Å². The zero-order valence-corrected chi connectivity index (χ0v) is 12.0. The van der Waals surface area contributed by atoms with Crippen LogP contribution in [-0.2, 0) is 19.1 Å². The van der Waals surface area contributed by atoms with Crippen LogP contribution >= 0.6 is 0 Å². The molecule has 0 aliphatic heterocycles. The maximum Gasteiger partial charge on any atom is 0.338 e. The lowest BCUT2D eigenvalue weighted by atomic mass is 9.97. The molecular formula is C16H22O4. The molecule has 4 nitrogen and oxygen atoms in total. The molecule has 1 aliphatic rings. The quantitative estimate of drug-likeness (QED) is 0.281. The predicted octanol–water partition coefficient (Wildman–Crippen LogP) is 2.91. The molecule has 0 saturated heterocycles. The van der Waals surface area contributed by atoms with E-state index in [2.05, 4.69) is 6.92 Å². The van der Waals surface area contributed by atoms with Gasteiger partial charge < -0.3 is 4.74 Å². The Bertz CT molecular complexity index is 418. The molecule has 20 heavy (non-hydrogen) atoms. The molecular weight excluding hydrogens is 256 g/mol. The number of unbranched alkanes of at least 4 members (excludes halogenated alkanes) is 5. The molecule has 0 bridgehead atoms. The molecule has 0 saturated carbocycles. The highest BCUT2D eigenvalue weighted by Crippen LogP contribution is 2.16. The summed E-state index contributed by atoms with van der Waals surface area (Å²) in [5, 5.41) is 0. The molecule has 0 spiro atoms. The summed E-state index contributed by atoms with van der Waals surface area (Å²) >= 11 is 0. The molecule has 4 heteroatoms. The zero-order chi connectivity index (χ0) is 14.8. The van der Waals surface area contributed by atoms with Gasteiger partial charge in [0.05, 0.1) is 17.8 Å². The number of ketones is 1. The van der Waals surface area contributed by atoms with Crippen molar-refractivity contribution in [3.63, 3.8) is 0 Å². The van der Waals surface area contributed by atoms with Gasteiger partial charge in [-0.15, -0.1) is 0 Å². The number of ether oxygens (including phenoxy) is 1. The summed E-state index contributed by atoms with van der Waals surface area (Å²) in [6, 6.07) is 0. The Labute approximate surface area is 119 Å². The molecule has 1 rings (SSSR count). The SMILES string of the molecule is CCCCCCCCOC(=O)C1=C(C=O)C(=O)CC=C1. The topological polar surface area (TPSA) is 60.4 Å². The largest absolute Gasteiger partial charge is 0.462 e. The maximum atomic E-state index is 11.8. The average molecular weight is 278 g/mol. The molecule has 0 fully saturated rings. The summed E-state index contributed by atoms with van der Waals surface area (Å²) in [6.07, 6.45) is 10.3. The van der Waals surface area contributed by atoms with E-state index < -0.39 is 5.97 Å². The first-order chi connectivity index (χ1) is 9.70. The number of carbonyl (C=O) groups excluding carboxylic acids is 3. The van der Waals surface area contributed by atoms with Crippen molar-refractivity contribution in [2.45, 2.75) is 51.9 Å². The molecule has 0 amide bonds. The minimum Gasteiger partial charge on any atom is -0.462 e. The Kier molecular flexibility index (Phi) is 7.55. The minimum atomic E-state index is -0.579. The number of rotatable bonds is 9. The van der Waals surface area contributed by atoms with Crippen LogP contribution in [0, 0.1) is 0 Å². The van der Waals surface area contributed by atoms with E-state index in [0.29, 0.717) is 12.9 Å².